The first-order chi connectivity index (χ1) is 12.7. The Morgan fingerprint density at radius 2 is 0.963 bits per heavy atom. The van der Waals surface area contributed by atoms with Crippen LogP contribution in [-0.2, 0) is 0 Å². The second kappa shape index (κ2) is 9.16. The van der Waals surface area contributed by atoms with Crippen molar-refractivity contribution in [1.82, 2.24) is 0 Å². The fraction of sp³-hybridized carbons (Fsp3) is 0.500. The van der Waals surface area contributed by atoms with Crippen molar-refractivity contribution in [2.75, 3.05) is 0 Å². The van der Waals surface area contributed by atoms with Crippen LogP contribution in [0.1, 0.15) is 101 Å². The van der Waals surface area contributed by atoms with E-state index in [4.69, 9.17) is 0 Å². The van der Waals surface area contributed by atoms with Gasteiger partial charge in [-0.3, -0.25) is 5.22 Å². The van der Waals surface area contributed by atoms with Crippen LogP contribution in [-0.4, -0.2) is 0 Å². The Bertz CT molecular complexity index is 734. The van der Waals surface area contributed by atoms with E-state index in [-0.39, 0.29) is 0 Å². The maximum Gasteiger partial charge on any atom is -0.0184 e. The highest BCUT2D eigenvalue weighted by molar-refractivity contribution is 5.63. The molecule has 0 unspecified atom stereocenters. The molecule has 0 heterocycles. The Morgan fingerprint density at radius 1 is 0.593 bits per heavy atom. The molecule has 0 radical (unpaired) electrons. The lowest BCUT2D eigenvalue weighted by atomic mass is 9.93. The number of benzene rings is 2. The van der Waals surface area contributed by atoms with E-state index in [1.807, 2.05) is 0 Å². The van der Waals surface area contributed by atoms with Crippen molar-refractivity contribution in [3.05, 3.63) is 64.1 Å². The molecule has 2 aromatic carbocycles. The summed E-state index contributed by atoms with van der Waals surface area (Å²) >= 11 is 0. The monoisotopic (exact) mass is 364 g/mol. The lowest BCUT2D eigenvalue weighted by molar-refractivity contribution is 0.827. The van der Waals surface area contributed by atoms with E-state index >= 15 is 0 Å². The predicted octanol–water partition coefficient (Wildman–Crippen LogP) is 8.88. The third-order valence-electron chi connectivity index (χ3n) is 4.97. The molecule has 27 heavy (non-hydrogen) atoms. The molecule has 0 aromatic heterocycles. The zero-order chi connectivity index (χ0) is 20.1. The molecule has 2 aromatic rings. The molecule has 0 aliphatic heterocycles. The lowest BCUT2D eigenvalue weighted by Gasteiger charge is -2.24. The molecule has 3 nitrogen and oxygen atoms in total. The van der Waals surface area contributed by atoms with Gasteiger partial charge >= 0.3 is 0 Å². The molecule has 0 saturated heterocycles. The van der Waals surface area contributed by atoms with Crippen molar-refractivity contribution >= 4 is 11.4 Å². The summed E-state index contributed by atoms with van der Waals surface area (Å²) in [6.45, 7) is 17.6. The molecule has 0 aliphatic carbocycles. The van der Waals surface area contributed by atoms with Crippen molar-refractivity contribution in [3.8, 4) is 0 Å². The van der Waals surface area contributed by atoms with E-state index in [1.54, 1.807) is 0 Å². The van der Waals surface area contributed by atoms with Crippen LogP contribution in [0.5, 0.6) is 0 Å². The van der Waals surface area contributed by atoms with E-state index in [9.17, 15) is 0 Å². The summed E-state index contributed by atoms with van der Waals surface area (Å²) in [6.07, 6.45) is 0. The van der Waals surface area contributed by atoms with Gasteiger partial charge in [-0.05, 0) is 57.3 Å². The SMILES string of the molecule is CC(C)c1cccc(C(C)C)c1N=N[N-]c1c(C(C)C)cccc1C(C)C. The molecule has 0 saturated carbocycles. The lowest BCUT2D eigenvalue weighted by Crippen LogP contribution is -1.96. The summed E-state index contributed by atoms with van der Waals surface area (Å²) in [5.41, 5.74) is 11.4. The standard InChI is InChI=1S/C24H34N3/c1-15(2)19-11-9-12-20(16(3)4)23(19)25-27-26-24-21(17(5)6)13-10-14-22(24)18(7)8/h9-18H,1-8H3/q-1. The van der Waals surface area contributed by atoms with Gasteiger partial charge in [-0.15, -0.1) is 0 Å². The Hall–Kier alpha value is -2.16. The quantitative estimate of drug-likeness (QED) is 0.347. The van der Waals surface area contributed by atoms with Gasteiger partial charge in [-0.1, -0.05) is 91.8 Å². The maximum absolute atomic E-state index is 4.60. The summed E-state index contributed by atoms with van der Waals surface area (Å²) in [5.74, 6) is 1.58. The maximum atomic E-state index is 4.60. The second-order valence-corrected chi connectivity index (χ2v) is 8.48. The molecule has 2 rings (SSSR count). The molecular weight excluding hydrogens is 330 g/mol. The normalized spacial score (nSPS) is 12.1. The summed E-state index contributed by atoms with van der Waals surface area (Å²) in [5, 5.41) is 8.94. The molecule has 0 spiro atoms. The topological polar surface area (TPSA) is 38.8 Å². The summed E-state index contributed by atoms with van der Waals surface area (Å²) < 4.78 is 0. The molecule has 0 aliphatic rings. The van der Waals surface area contributed by atoms with Crippen molar-refractivity contribution in [1.29, 1.82) is 0 Å². The van der Waals surface area contributed by atoms with Crippen molar-refractivity contribution in [2.24, 2.45) is 10.3 Å². The molecule has 0 amide bonds. The van der Waals surface area contributed by atoms with Crippen LogP contribution in [0.4, 0.5) is 11.4 Å². The van der Waals surface area contributed by atoms with Gasteiger partial charge in [0, 0.05) is 0 Å². The van der Waals surface area contributed by atoms with Crippen LogP contribution in [0.25, 0.3) is 5.43 Å². The van der Waals surface area contributed by atoms with E-state index in [0.717, 1.165) is 11.4 Å². The van der Waals surface area contributed by atoms with Gasteiger partial charge in [0.1, 0.15) is 0 Å². The van der Waals surface area contributed by atoms with E-state index in [0.29, 0.717) is 23.7 Å². The first-order valence-corrected chi connectivity index (χ1v) is 10.1. The van der Waals surface area contributed by atoms with Gasteiger partial charge in [-0.25, -0.2) is 0 Å². The molecule has 0 bridgehead atoms. The average molecular weight is 365 g/mol. The molecule has 0 N–H and O–H groups in total. The number of nitrogens with zero attached hydrogens (tertiary/aromatic N) is 3. The molecule has 0 atom stereocenters. The smallest absolute Gasteiger partial charge is 0.0184 e. The minimum atomic E-state index is 0.395. The fourth-order valence-corrected chi connectivity index (χ4v) is 3.37. The van der Waals surface area contributed by atoms with Gasteiger partial charge in [-0.2, -0.15) is 0 Å². The average Bonchev–Trinajstić information content (AvgIpc) is 2.61. The van der Waals surface area contributed by atoms with Crippen molar-refractivity contribution in [2.45, 2.75) is 79.1 Å². The van der Waals surface area contributed by atoms with Crippen molar-refractivity contribution in [3.63, 3.8) is 0 Å². The largest absolute Gasteiger partial charge is 0.350 e. The summed E-state index contributed by atoms with van der Waals surface area (Å²) in [6, 6.07) is 12.8. The van der Waals surface area contributed by atoms with Crippen LogP contribution in [0.3, 0.4) is 0 Å². The Morgan fingerprint density at radius 3 is 1.33 bits per heavy atom. The van der Waals surface area contributed by atoms with E-state index in [2.05, 4.69) is 108 Å². The van der Waals surface area contributed by atoms with Gasteiger partial charge in [0.2, 0.25) is 0 Å². The minimum absolute atomic E-state index is 0.395. The highest BCUT2D eigenvalue weighted by atomic mass is 15.4. The minimum Gasteiger partial charge on any atom is -0.350 e. The zero-order valence-electron chi connectivity index (χ0n) is 18.1. The van der Waals surface area contributed by atoms with Gasteiger partial charge in [0.25, 0.3) is 0 Å². The van der Waals surface area contributed by atoms with Crippen LogP contribution < -0.4 is 0 Å². The van der Waals surface area contributed by atoms with Crippen LogP contribution in [0.2, 0.25) is 0 Å². The van der Waals surface area contributed by atoms with Crippen molar-refractivity contribution < 1.29 is 0 Å². The van der Waals surface area contributed by atoms with E-state index < -0.39 is 0 Å². The van der Waals surface area contributed by atoms with Gasteiger partial charge in [0.05, 0.1) is 0 Å². The first kappa shape index (κ1) is 21.1. The second-order valence-electron chi connectivity index (χ2n) is 8.48. The third kappa shape index (κ3) is 4.97. The molecule has 0 fully saturated rings. The van der Waals surface area contributed by atoms with Crippen LogP contribution in [0.15, 0.2) is 46.7 Å². The molecule has 3 heteroatoms. The fourth-order valence-electron chi connectivity index (χ4n) is 3.37. The van der Waals surface area contributed by atoms with E-state index in [1.165, 1.54) is 22.3 Å². The zero-order valence-corrected chi connectivity index (χ0v) is 18.1. The number of rotatable bonds is 7. The van der Waals surface area contributed by atoms with Gasteiger partial charge in [0.15, 0.2) is 0 Å². The Kier molecular flexibility index (Phi) is 7.18. The summed E-state index contributed by atoms with van der Waals surface area (Å²) in [7, 11) is 0. The number of hydrogen-bond donors (Lipinski definition) is 0. The highest BCUT2D eigenvalue weighted by Crippen LogP contribution is 2.39. The third-order valence-corrected chi connectivity index (χ3v) is 4.97. The molecule has 146 valence electrons. The molecular formula is C24H34N3-. The Balaban J connectivity index is 2.45. The highest BCUT2D eigenvalue weighted by Gasteiger charge is 2.11. The first-order valence-electron chi connectivity index (χ1n) is 10.1. The van der Waals surface area contributed by atoms with Crippen LogP contribution in [0, 0.1) is 0 Å². The van der Waals surface area contributed by atoms with Gasteiger partial charge < -0.3 is 10.5 Å². The predicted molar refractivity (Wildman–Crippen MR) is 117 cm³/mol. The van der Waals surface area contributed by atoms with Crippen LogP contribution >= 0.6 is 0 Å². The Labute approximate surface area is 165 Å². The summed E-state index contributed by atoms with van der Waals surface area (Å²) in [4.78, 5) is 0. The number of hydrogen-bond acceptors (Lipinski definition) is 2.